The van der Waals surface area contributed by atoms with Crippen LogP contribution in [0.3, 0.4) is 0 Å². The number of aryl methyl sites for hydroxylation is 1. The average molecular weight is 231 g/mol. The van der Waals surface area contributed by atoms with E-state index in [2.05, 4.69) is 17.0 Å². The minimum atomic E-state index is -0.536. The van der Waals surface area contributed by atoms with E-state index in [0.29, 0.717) is 5.69 Å². The van der Waals surface area contributed by atoms with Gasteiger partial charge in [0.15, 0.2) is 0 Å². The van der Waals surface area contributed by atoms with Crippen LogP contribution >= 0.6 is 0 Å². The van der Waals surface area contributed by atoms with E-state index in [1.165, 1.54) is 5.56 Å². The predicted molar refractivity (Wildman–Crippen MR) is 66.2 cm³/mol. The van der Waals surface area contributed by atoms with E-state index in [-0.39, 0.29) is 0 Å². The molecule has 4 heteroatoms. The Bertz CT molecular complexity index is 526. The van der Waals surface area contributed by atoms with Crippen molar-refractivity contribution < 1.29 is 5.11 Å². The average Bonchev–Trinajstić information content (AvgIpc) is 2.57. The minimum Gasteiger partial charge on any atom is -0.387 e. The predicted octanol–water partition coefficient (Wildman–Crippen LogP) is 2.25. The molecule has 1 N–H and O–H groups in total. The lowest BCUT2D eigenvalue weighted by Gasteiger charge is -2.07. The van der Waals surface area contributed by atoms with Crippen LogP contribution in [0.4, 0.5) is 0 Å². The Morgan fingerprint density at radius 3 is 2.35 bits per heavy atom. The van der Waals surface area contributed by atoms with Gasteiger partial charge in [-0.2, -0.15) is 5.10 Å². The van der Waals surface area contributed by atoms with Crippen molar-refractivity contribution >= 4 is 0 Å². The zero-order valence-electron chi connectivity index (χ0n) is 10.6. The maximum Gasteiger partial charge on any atom is 0.0931 e. The molecule has 0 radical (unpaired) electrons. The summed E-state index contributed by atoms with van der Waals surface area (Å²) in [5.41, 5.74) is 4.94. The molecule has 0 unspecified atom stereocenters. The molecule has 0 saturated carbocycles. The van der Waals surface area contributed by atoms with Gasteiger partial charge in [0, 0.05) is 5.69 Å². The van der Waals surface area contributed by atoms with Gasteiger partial charge in [-0.3, -0.25) is 4.98 Å². The third-order valence-electron chi connectivity index (χ3n) is 3.10. The molecule has 2 aromatic rings. The summed E-state index contributed by atoms with van der Waals surface area (Å²) in [6.45, 7) is 7.80. The first-order chi connectivity index (χ1) is 8.00. The monoisotopic (exact) mass is 231 g/mol. The largest absolute Gasteiger partial charge is 0.387 e. The molecule has 1 atom stereocenters. The lowest BCUT2D eigenvalue weighted by molar-refractivity contribution is 0.194. The molecule has 0 saturated heterocycles. The van der Waals surface area contributed by atoms with Crippen molar-refractivity contribution in [2.45, 2.75) is 33.8 Å². The summed E-state index contributed by atoms with van der Waals surface area (Å²) in [6, 6.07) is 3.75. The van der Waals surface area contributed by atoms with Gasteiger partial charge in [-0.05, 0) is 45.4 Å². The standard InChI is InChI=1S/C13H17N3O/c1-8-9(2)15-16(10(8)3)12-5-6-13(11(4)17)14-7-12/h5-7,11,17H,1-4H3/t11-/m0/s1. The highest BCUT2D eigenvalue weighted by atomic mass is 16.3. The summed E-state index contributed by atoms with van der Waals surface area (Å²) < 4.78 is 1.88. The molecule has 0 aromatic carbocycles. The van der Waals surface area contributed by atoms with E-state index in [0.717, 1.165) is 17.1 Å². The fourth-order valence-corrected chi connectivity index (χ4v) is 1.74. The van der Waals surface area contributed by atoms with Crippen LogP contribution in [0.15, 0.2) is 18.3 Å². The molecular weight excluding hydrogens is 214 g/mol. The lowest BCUT2D eigenvalue weighted by atomic mass is 10.2. The maximum atomic E-state index is 9.40. The third kappa shape index (κ3) is 2.08. The molecule has 0 amide bonds. The van der Waals surface area contributed by atoms with E-state index in [4.69, 9.17) is 0 Å². The van der Waals surface area contributed by atoms with Gasteiger partial charge >= 0.3 is 0 Å². The van der Waals surface area contributed by atoms with Crippen molar-refractivity contribution in [1.82, 2.24) is 14.8 Å². The number of aliphatic hydroxyl groups excluding tert-OH is 1. The number of aromatic nitrogens is 3. The number of nitrogens with zero attached hydrogens (tertiary/aromatic N) is 3. The normalized spacial score (nSPS) is 12.8. The number of aliphatic hydroxyl groups is 1. The van der Waals surface area contributed by atoms with Crippen molar-refractivity contribution in [2.24, 2.45) is 0 Å². The Labute approximate surface area is 101 Å². The van der Waals surface area contributed by atoms with Gasteiger partial charge in [-0.25, -0.2) is 4.68 Å². The smallest absolute Gasteiger partial charge is 0.0931 e. The Hall–Kier alpha value is -1.68. The van der Waals surface area contributed by atoms with Gasteiger partial charge in [0.05, 0.1) is 29.4 Å². The lowest BCUT2D eigenvalue weighted by Crippen LogP contribution is -2.02. The molecule has 0 spiro atoms. The van der Waals surface area contributed by atoms with Gasteiger partial charge in [0.25, 0.3) is 0 Å². The van der Waals surface area contributed by atoms with E-state index in [1.807, 2.05) is 30.7 Å². The van der Waals surface area contributed by atoms with E-state index < -0.39 is 6.10 Å². The first-order valence-corrected chi connectivity index (χ1v) is 5.68. The van der Waals surface area contributed by atoms with Gasteiger partial charge in [-0.15, -0.1) is 0 Å². The van der Waals surface area contributed by atoms with E-state index >= 15 is 0 Å². The fraction of sp³-hybridized carbons (Fsp3) is 0.385. The highest BCUT2D eigenvalue weighted by molar-refractivity contribution is 5.35. The van der Waals surface area contributed by atoms with Crippen LogP contribution in [0.5, 0.6) is 0 Å². The summed E-state index contributed by atoms with van der Waals surface area (Å²) in [5, 5.41) is 13.9. The van der Waals surface area contributed by atoms with Gasteiger partial charge in [0.2, 0.25) is 0 Å². The molecule has 0 aliphatic heterocycles. The first-order valence-electron chi connectivity index (χ1n) is 5.68. The molecular formula is C13H17N3O. The molecule has 90 valence electrons. The van der Waals surface area contributed by atoms with Gasteiger partial charge in [0.1, 0.15) is 0 Å². The molecule has 0 bridgehead atoms. The molecule has 2 rings (SSSR count). The first kappa shape index (κ1) is 11.8. The van der Waals surface area contributed by atoms with Crippen LogP contribution in [-0.2, 0) is 0 Å². The number of rotatable bonds is 2. The molecule has 2 heterocycles. The van der Waals surface area contributed by atoms with Crippen LogP contribution in [0.2, 0.25) is 0 Å². The van der Waals surface area contributed by atoms with E-state index in [9.17, 15) is 5.11 Å². The summed E-state index contributed by atoms with van der Waals surface area (Å²) in [5.74, 6) is 0. The van der Waals surface area contributed by atoms with Crippen molar-refractivity contribution in [3.8, 4) is 5.69 Å². The van der Waals surface area contributed by atoms with E-state index in [1.54, 1.807) is 13.1 Å². The molecule has 2 aromatic heterocycles. The Balaban J connectivity index is 2.43. The summed E-state index contributed by atoms with van der Waals surface area (Å²) in [6.07, 6.45) is 1.20. The summed E-state index contributed by atoms with van der Waals surface area (Å²) in [4.78, 5) is 4.22. The number of pyridine rings is 1. The van der Waals surface area contributed by atoms with Crippen LogP contribution in [0.25, 0.3) is 5.69 Å². The zero-order chi connectivity index (χ0) is 12.6. The van der Waals surface area contributed by atoms with Gasteiger partial charge < -0.3 is 5.11 Å². The molecule has 0 aliphatic carbocycles. The van der Waals surface area contributed by atoms with Gasteiger partial charge in [-0.1, -0.05) is 0 Å². The Morgan fingerprint density at radius 1 is 1.24 bits per heavy atom. The summed E-state index contributed by atoms with van der Waals surface area (Å²) >= 11 is 0. The van der Waals surface area contributed by atoms with Crippen LogP contribution < -0.4 is 0 Å². The van der Waals surface area contributed by atoms with Crippen molar-refractivity contribution in [2.75, 3.05) is 0 Å². The fourth-order valence-electron chi connectivity index (χ4n) is 1.74. The second-order valence-corrected chi connectivity index (χ2v) is 4.32. The topological polar surface area (TPSA) is 50.9 Å². The zero-order valence-corrected chi connectivity index (χ0v) is 10.6. The molecule has 17 heavy (non-hydrogen) atoms. The number of hydrogen-bond acceptors (Lipinski definition) is 3. The van der Waals surface area contributed by atoms with Crippen molar-refractivity contribution in [3.63, 3.8) is 0 Å². The second-order valence-electron chi connectivity index (χ2n) is 4.32. The molecule has 4 nitrogen and oxygen atoms in total. The maximum absolute atomic E-state index is 9.40. The Kier molecular flexibility index (Phi) is 2.98. The molecule has 0 fully saturated rings. The van der Waals surface area contributed by atoms with Crippen molar-refractivity contribution in [3.05, 3.63) is 41.0 Å². The number of hydrogen-bond donors (Lipinski definition) is 1. The quantitative estimate of drug-likeness (QED) is 0.862. The summed E-state index contributed by atoms with van der Waals surface area (Å²) in [7, 11) is 0. The Morgan fingerprint density at radius 2 is 1.94 bits per heavy atom. The second kappa shape index (κ2) is 4.30. The molecule has 0 aliphatic rings. The van der Waals surface area contributed by atoms with Crippen LogP contribution in [-0.4, -0.2) is 19.9 Å². The van der Waals surface area contributed by atoms with Crippen molar-refractivity contribution in [1.29, 1.82) is 0 Å². The highest BCUT2D eigenvalue weighted by Crippen LogP contribution is 2.17. The minimum absolute atomic E-state index is 0.536. The highest BCUT2D eigenvalue weighted by Gasteiger charge is 2.09. The van der Waals surface area contributed by atoms with Crippen LogP contribution in [0, 0.1) is 20.8 Å². The third-order valence-corrected chi connectivity index (χ3v) is 3.10. The SMILES string of the molecule is Cc1nn(-c2ccc([C@H](C)O)nc2)c(C)c1C. The van der Waals surface area contributed by atoms with Crippen LogP contribution in [0.1, 0.15) is 35.7 Å².